The second kappa shape index (κ2) is 9.02. The molecule has 2 fully saturated rings. The molecule has 0 saturated carbocycles. The first kappa shape index (κ1) is 21.2. The second-order valence-corrected chi connectivity index (χ2v) is 8.29. The van der Waals surface area contributed by atoms with Crippen LogP contribution in [0.15, 0.2) is 54.6 Å². The number of amides is 1. The number of hydrogen-bond donors (Lipinski definition) is 1. The van der Waals surface area contributed by atoms with Crippen molar-refractivity contribution in [2.75, 3.05) is 19.7 Å². The third kappa shape index (κ3) is 4.26. The van der Waals surface area contributed by atoms with E-state index >= 15 is 0 Å². The standard InChI is InChI=1S/C25H28N2O4/c1-2-31-24(30)22-21(28)16-25(12-14-26-15-13-25)27(23(22)29)17-18-8-10-20(11-9-18)19-6-4-3-5-7-19/h3-11,22,26H,2,12-17H2,1H3. The summed E-state index contributed by atoms with van der Waals surface area (Å²) in [4.78, 5) is 40.4. The Morgan fingerprint density at radius 3 is 2.32 bits per heavy atom. The van der Waals surface area contributed by atoms with Gasteiger partial charge in [0.2, 0.25) is 5.91 Å². The van der Waals surface area contributed by atoms with E-state index in [9.17, 15) is 14.4 Å². The fourth-order valence-corrected chi connectivity index (χ4v) is 4.71. The Morgan fingerprint density at radius 2 is 1.68 bits per heavy atom. The topological polar surface area (TPSA) is 75.7 Å². The molecule has 2 aromatic carbocycles. The molecule has 2 aromatic rings. The molecular formula is C25H28N2O4. The van der Waals surface area contributed by atoms with Gasteiger partial charge in [0, 0.05) is 13.0 Å². The maximum atomic E-state index is 13.4. The van der Waals surface area contributed by atoms with E-state index in [1.165, 1.54) is 0 Å². The molecule has 1 unspecified atom stereocenters. The van der Waals surface area contributed by atoms with Gasteiger partial charge in [0.15, 0.2) is 11.7 Å². The SMILES string of the molecule is CCOC(=O)C1C(=O)CC2(CCNCC2)N(Cc2ccc(-c3ccccc3)cc2)C1=O. The lowest BCUT2D eigenvalue weighted by molar-refractivity contribution is -0.168. The molecule has 2 aliphatic rings. The number of carbonyl (C=O) groups excluding carboxylic acids is 3. The van der Waals surface area contributed by atoms with E-state index in [4.69, 9.17) is 4.74 Å². The highest BCUT2D eigenvalue weighted by Crippen LogP contribution is 2.38. The molecule has 31 heavy (non-hydrogen) atoms. The highest BCUT2D eigenvalue weighted by atomic mass is 16.5. The van der Waals surface area contributed by atoms with Crippen molar-refractivity contribution in [1.82, 2.24) is 10.2 Å². The summed E-state index contributed by atoms with van der Waals surface area (Å²) < 4.78 is 5.04. The number of esters is 1. The number of ether oxygens (including phenoxy) is 1. The molecule has 2 saturated heterocycles. The summed E-state index contributed by atoms with van der Waals surface area (Å²) in [6.07, 6.45) is 1.59. The molecule has 6 nitrogen and oxygen atoms in total. The lowest BCUT2D eigenvalue weighted by Gasteiger charge is -2.50. The molecule has 0 bridgehead atoms. The van der Waals surface area contributed by atoms with Crippen LogP contribution in [0.1, 0.15) is 31.7 Å². The van der Waals surface area contributed by atoms with Gasteiger partial charge in [-0.1, -0.05) is 54.6 Å². The molecule has 4 rings (SSSR count). The number of piperidine rings is 2. The number of carbonyl (C=O) groups is 3. The quantitative estimate of drug-likeness (QED) is 0.595. The third-order valence-electron chi connectivity index (χ3n) is 6.37. The maximum absolute atomic E-state index is 13.4. The first-order valence-corrected chi connectivity index (χ1v) is 10.9. The van der Waals surface area contributed by atoms with E-state index in [1.807, 2.05) is 42.5 Å². The summed E-state index contributed by atoms with van der Waals surface area (Å²) in [6, 6.07) is 18.2. The van der Waals surface area contributed by atoms with Crippen LogP contribution in [0.4, 0.5) is 0 Å². The van der Waals surface area contributed by atoms with Gasteiger partial charge < -0.3 is 15.0 Å². The normalized spacial score (nSPS) is 20.7. The van der Waals surface area contributed by atoms with Crippen LogP contribution in [0.5, 0.6) is 0 Å². The summed E-state index contributed by atoms with van der Waals surface area (Å²) in [5, 5.41) is 3.31. The van der Waals surface area contributed by atoms with Crippen molar-refractivity contribution < 1.29 is 19.1 Å². The van der Waals surface area contributed by atoms with Crippen molar-refractivity contribution in [1.29, 1.82) is 0 Å². The molecular weight excluding hydrogens is 392 g/mol. The molecule has 1 N–H and O–H groups in total. The molecule has 0 aliphatic carbocycles. The molecule has 0 aromatic heterocycles. The average Bonchev–Trinajstić information content (AvgIpc) is 2.78. The van der Waals surface area contributed by atoms with Gasteiger partial charge in [-0.25, -0.2) is 0 Å². The zero-order valence-corrected chi connectivity index (χ0v) is 17.8. The second-order valence-electron chi connectivity index (χ2n) is 8.29. The number of hydrogen-bond acceptors (Lipinski definition) is 5. The van der Waals surface area contributed by atoms with Gasteiger partial charge in [-0.3, -0.25) is 14.4 Å². The summed E-state index contributed by atoms with van der Waals surface area (Å²) in [7, 11) is 0. The van der Waals surface area contributed by atoms with Crippen molar-refractivity contribution in [3.8, 4) is 11.1 Å². The molecule has 1 atom stereocenters. The predicted molar refractivity (Wildman–Crippen MR) is 117 cm³/mol. The Balaban J connectivity index is 1.61. The van der Waals surface area contributed by atoms with Crippen molar-refractivity contribution in [2.24, 2.45) is 5.92 Å². The molecule has 0 radical (unpaired) electrons. The number of rotatable bonds is 5. The largest absolute Gasteiger partial charge is 0.465 e. The fraction of sp³-hybridized carbons (Fsp3) is 0.400. The lowest BCUT2D eigenvalue weighted by Crippen LogP contribution is -2.64. The van der Waals surface area contributed by atoms with Crippen LogP contribution in [0.25, 0.3) is 11.1 Å². The highest BCUT2D eigenvalue weighted by molar-refractivity contribution is 6.18. The van der Waals surface area contributed by atoms with Crippen LogP contribution >= 0.6 is 0 Å². The first-order valence-electron chi connectivity index (χ1n) is 10.9. The average molecular weight is 421 g/mol. The zero-order valence-electron chi connectivity index (χ0n) is 17.8. The number of ketones is 1. The maximum Gasteiger partial charge on any atom is 0.326 e. The van der Waals surface area contributed by atoms with Crippen LogP contribution in [-0.2, 0) is 25.7 Å². The van der Waals surface area contributed by atoms with E-state index < -0.39 is 23.3 Å². The minimum Gasteiger partial charge on any atom is -0.465 e. The number of nitrogens with one attached hydrogen (secondary N) is 1. The van der Waals surface area contributed by atoms with Gasteiger partial charge in [0.05, 0.1) is 12.1 Å². The molecule has 6 heteroatoms. The van der Waals surface area contributed by atoms with E-state index in [0.29, 0.717) is 19.4 Å². The number of nitrogens with zero attached hydrogens (tertiary/aromatic N) is 1. The number of benzene rings is 2. The van der Waals surface area contributed by atoms with Crippen LogP contribution in [0.2, 0.25) is 0 Å². The molecule has 2 aliphatic heterocycles. The van der Waals surface area contributed by atoms with Gasteiger partial charge in [0.1, 0.15) is 0 Å². The minimum absolute atomic E-state index is 0.145. The fourth-order valence-electron chi connectivity index (χ4n) is 4.71. The van der Waals surface area contributed by atoms with Crippen molar-refractivity contribution in [2.45, 2.75) is 38.3 Å². The van der Waals surface area contributed by atoms with Crippen LogP contribution < -0.4 is 5.32 Å². The Morgan fingerprint density at radius 1 is 1.03 bits per heavy atom. The predicted octanol–water partition coefficient (Wildman–Crippen LogP) is 2.96. The molecule has 1 spiro atoms. The smallest absolute Gasteiger partial charge is 0.326 e. The van der Waals surface area contributed by atoms with Gasteiger partial charge in [-0.2, -0.15) is 0 Å². The zero-order chi connectivity index (χ0) is 21.8. The summed E-state index contributed by atoms with van der Waals surface area (Å²) in [5.41, 5.74) is 2.67. The van der Waals surface area contributed by atoms with Crippen molar-refractivity contribution in [3.05, 3.63) is 60.2 Å². The van der Waals surface area contributed by atoms with Gasteiger partial charge >= 0.3 is 5.97 Å². The Labute approximate surface area is 182 Å². The van der Waals surface area contributed by atoms with Crippen LogP contribution in [0.3, 0.4) is 0 Å². The molecule has 162 valence electrons. The van der Waals surface area contributed by atoms with E-state index in [0.717, 1.165) is 29.8 Å². The van der Waals surface area contributed by atoms with Crippen LogP contribution in [-0.4, -0.2) is 47.8 Å². The Kier molecular flexibility index (Phi) is 6.18. The highest BCUT2D eigenvalue weighted by Gasteiger charge is 2.53. The van der Waals surface area contributed by atoms with E-state index in [1.54, 1.807) is 11.8 Å². The van der Waals surface area contributed by atoms with Gasteiger partial charge in [-0.15, -0.1) is 0 Å². The molecule has 2 heterocycles. The van der Waals surface area contributed by atoms with Gasteiger partial charge in [-0.05, 0) is 49.5 Å². The summed E-state index contributed by atoms with van der Waals surface area (Å²) in [6.45, 7) is 3.68. The van der Waals surface area contributed by atoms with E-state index in [-0.39, 0.29) is 18.8 Å². The number of likely N-dealkylation sites (tertiary alicyclic amines) is 1. The Bertz CT molecular complexity index is 949. The Hall–Kier alpha value is -2.99. The lowest BCUT2D eigenvalue weighted by atomic mass is 9.75. The van der Waals surface area contributed by atoms with Crippen molar-refractivity contribution in [3.63, 3.8) is 0 Å². The number of Topliss-reactive ketones (excluding diaryl/α,β-unsaturated/α-hetero) is 1. The summed E-state index contributed by atoms with van der Waals surface area (Å²) in [5.74, 6) is -2.82. The summed E-state index contributed by atoms with van der Waals surface area (Å²) >= 11 is 0. The van der Waals surface area contributed by atoms with E-state index in [2.05, 4.69) is 17.4 Å². The van der Waals surface area contributed by atoms with Gasteiger partial charge in [0.25, 0.3) is 0 Å². The third-order valence-corrected chi connectivity index (χ3v) is 6.37. The minimum atomic E-state index is -1.34. The monoisotopic (exact) mass is 420 g/mol. The molecule has 1 amide bonds. The first-order chi connectivity index (χ1) is 15.0. The van der Waals surface area contributed by atoms with Crippen LogP contribution in [0, 0.1) is 5.92 Å². The van der Waals surface area contributed by atoms with Crippen molar-refractivity contribution >= 4 is 17.7 Å².